The molecule has 0 saturated carbocycles. The predicted molar refractivity (Wildman–Crippen MR) is 112 cm³/mol. The van der Waals surface area contributed by atoms with Gasteiger partial charge in [-0.3, -0.25) is 0 Å². The number of halogens is 3. The fourth-order valence-corrected chi connectivity index (χ4v) is 3.76. The number of pyridine rings is 1. The Kier molecular flexibility index (Phi) is 4.10. The lowest BCUT2D eigenvalue weighted by atomic mass is 10.0. The minimum absolute atomic E-state index is 0.0240. The Labute approximate surface area is 170 Å². The van der Waals surface area contributed by atoms with E-state index in [4.69, 9.17) is 0 Å². The van der Waals surface area contributed by atoms with E-state index in [0.717, 1.165) is 16.8 Å². The molecule has 0 saturated heterocycles. The van der Waals surface area contributed by atoms with Crippen molar-refractivity contribution in [3.05, 3.63) is 90.1 Å². The van der Waals surface area contributed by atoms with E-state index in [2.05, 4.69) is 10.1 Å². The van der Waals surface area contributed by atoms with Gasteiger partial charge >= 0.3 is 6.18 Å². The molecule has 5 rings (SSSR count). The molecule has 0 N–H and O–H groups in total. The van der Waals surface area contributed by atoms with Gasteiger partial charge in [0.1, 0.15) is 0 Å². The molecule has 0 bridgehead atoms. The van der Waals surface area contributed by atoms with Crippen molar-refractivity contribution in [1.82, 2.24) is 14.8 Å². The van der Waals surface area contributed by atoms with Gasteiger partial charge in [-0.2, -0.15) is 18.3 Å². The van der Waals surface area contributed by atoms with Crippen LogP contribution >= 0.6 is 0 Å². The van der Waals surface area contributed by atoms with Crippen LogP contribution in [-0.4, -0.2) is 14.8 Å². The summed E-state index contributed by atoms with van der Waals surface area (Å²) in [4.78, 5) is 4.62. The average Bonchev–Trinajstić information content (AvgIpc) is 3.09. The van der Waals surface area contributed by atoms with Crippen LogP contribution in [0.5, 0.6) is 0 Å². The molecule has 6 heteroatoms. The molecule has 0 spiro atoms. The van der Waals surface area contributed by atoms with Gasteiger partial charge in [0.15, 0.2) is 5.65 Å². The van der Waals surface area contributed by atoms with Gasteiger partial charge < -0.3 is 0 Å². The smallest absolute Gasteiger partial charge is 0.228 e. The van der Waals surface area contributed by atoms with Crippen LogP contribution in [0.1, 0.15) is 11.3 Å². The van der Waals surface area contributed by atoms with Crippen LogP contribution in [0.2, 0.25) is 0 Å². The van der Waals surface area contributed by atoms with E-state index in [1.807, 2.05) is 54.6 Å². The molecule has 3 nitrogen and oxygen atoms in total. The van der Waals surface area contributed by atoms with Gasteiger partial charge in [0.2, 0.25) is 0 Å². The highest BCUT2D eigenvalue weighted by atomic mass is 19.4. The Hall–Kier alpha value is -3.67. The maximum atomic E-state index is 14.0. The topological polar surface area (TPSA) is 30.7 Å². The molecule has 0 aliphatic carbocycles. The van der Waals surface area contributed by atoms with Gasteiger partial charge in [-0.05, 0) is 42.0 Å². The Bertz CT molecular complexity index is 1390. The first-order valence-corrected chi connectivity index (χ1v) is 9.44. The first-order chi connectivity index (χ1) is 14.4. The minimum atomic E-state index is -4.53. The number of aryl methyl sites for hydroxylation is 1. The standard InChI is InChI=1S/C24H16F3N3/c1-15-22-20(24(25,26)27)14-21(18-12-11-16-7-5-6-8-17(16)13-18)28-23(22)30(29-15)19-9-3-2-4-10-19/h2-14H,1H3. The van der Waals surface area contributed by atoms with Crippen LogP contribution in [0.25, 0.3) is 38.8 Å². The summed E-state index contributed by atoms with van der Waals surface area (Å²) in [7, 11) is 0. The van der Waals surface area contributed by atoms with Gasteiger partial charge in [-0.15, -0.1) is 0 Å². The van der Waals surface area contributed by atoms with Crippen LogP contribution in [0, 0.1) is 6.92 Å². The second-order valence-electron chi connectivity index (χ2n) is 7.15. The van der Waals surface area contributed by atoms with Gasteiger partial charge in [0, 0.05) is 5.56 Å². The molecular weight excluding hydrogens is 387 g/mol. The van der Waals surface area contributed by atoms with E-state index in [1.165, 1.54) is 4.68 Å². The number of alkyl halides is 3. The van der Waals surface area contributed by atoms with Crippen molar-refractivity contribution in [3.8, 4) is 16.9 Å². The second kappa shape index (κ2) is 6.69. The third-order valence-electron chi connectivity index (χ3n) is 5.16. The Morgan fingerprint density at radius 3 is 2.23 bits per heavy atom. The molecule has 30 heavy (non-hydrogen) atoms. The molecule has 5 aromatic rings. The lowest BCUT2D eigenvalue weighted by Crippen LogP contribution is -2.08. The summed E-state index contributed by atoms with van der Waals surface area (Å²) in [5.41, 5.74) is 1.30. The van der Waals surface area contributed by atoms with Crippen molar-refractivity contribution in [2.45, 2.75) is 13.1 Å². The summed E-state index contributed by atoms with van der Waals surface area (Å²) in [6.07, 6.45) is -4.53. The Balaban J connectivity index is 1.82. The lowest BCUT2D eigenvalue weighted by molar-refractivity contribution is -0.136. The summed E-state index contributed by atoms with van der Waals surface area (Å²) in [5, 5.41) is 6.36. The number of aromatic nitrogens is 3. The molecule has 2 aromatic heterocycles. The van der Waals surface area contributed by atoms with Gasteiger partial charge in [0.25, 0.3) is 0 Å². The number of hydrogen-bond acceptors (Lipinski definition) is 2. The number of fused-ring (bicyclic) bond motifs is 2. The number of benzene rings is 3. The van der Waals surface area contributed by atoms with Gasteiger partial charge in [-0.1, -0.05) is 54.6 Å². The van der Waals surface area contributed by atoms with Crippen molar-refractivity contribution < 1.29 is 13.2 Å². The third-order valence-corrected chi connectivity index (χ3v) is 5.16. The van der Waals surface area contributed by atoms with E-state index in [0.29, 0.717) is 16.9 Å². The van der Waals surface area contributed by atoms with E-state index >= 15 is 0 Å². The van der Waals surface area contributed by atoms with E-state index in [9.17, 15) is 13.2 Å². The van der Waals surface area contributed by atoms with Crippen molar-refractivity contribution in [1.29, 1.82) is 0 Å². The predicted octanol–water partition coefficient (Wildman–Crippen LogP) is 6.57. The second-order valence-corrected chi connectivity index (χ2v) is 7.15. The third kappa shape index (κ3) is 3.01. The fourth-order valence-electron chi connectivity index (χ4n) is 3.76. The molecule has 3 aromatic carbocycles. The number of rotatable bonds is 2. The summed E-state index contributed by atoms with van der Waals surface area (Å²) in [6.45, 7) is 1.58. The number of hydrogen-bond donors (Lipinski definition) is 0. The minimum Gasteiger partial charge on any atom is -0.228 e. The SMILES string of the molecule is Cc1nn(-c2ccccc2)c2nc(-c3ccc4ccccc4c3)cc(C(F)(F)F)c12. The quantitative estimate of drug-likeness (QED) is 0.334. The molecular formula is C24H16F3N3. The molecule has 0 unspecified atom stereocenters. The highest BCUT2D eigenvalue weighted by Gasteiger charge is 2.35. The van der Waals surface area contributed by atoms with Gasteiger partial charge in [0.05, 0.1) is 28.0 Å². The van der Waals surface area contributed by atoms with Crippen molar-refractivity contribution in [3.63, 3.8) is 0 Å². The van der Waals surface area contributed by atoms with Crippen LogP contribution in [0.3, 0.4) is 0 Å². The first kappa shape index (κ1) is 18.4. The van der Waals surface area contributed by atoms with E-state index in [1.54, 1.807) is 25.1 Å². The summed E-state index contributed by atoms with van der Waals surface area (Å²) in [6, 6.07) is 23.5. The van der Waals surface area contributed by atoms with E-state index < -0.39 is 11.7 Å². The van der Waals surface area contributed by atoms with Crippen LogP contribution in [0.15, 0.2) is 78.9 Å². The lowest BCUT2D eigenvalue weighted by Gasteiger charge is -2.12. The normalized spacial score (nSPS) is 12.0. The molecule has 148 valence electrons. The highest BCUT2D eigenvalue weighted by Crippen LogP contribution is 2.39. The van der Waals surface area contributed by atoms with Crippen LogP contribution in [0.4, 0.5) is 13.2 Å². The maximum absolute atomic E-state index is 14.0. The largest absolute Gasteiger partial charge is 0.417 e. The number of para-hydroxylation sites is 1. The average molecular weight is 403 g/mol. The summed E-state index contributed by atoms with van der Waals surface area (Å²) < 4.78 is 43.5. The highest BCUT2D eigenvalue weighted by molar-refractivity contribution is 5.90. The molecule has 0 aliphatic rings. The summed E-state index contributed by atoms with van der Waals surface area (Å²) >= 11 is 0. The van der Waals surface area contributed by atoms with Crippen LogP contribution < -0.4 is 0 Å². The maximum Gasteiger partial charge on any atom is 0.417 e. The van der Waals surface area contributed by atoms with Crippen molar-refractivity contribution in [2.75, 3.05) is 0 Å². The molecule has 0 amide bonds. The zero-order chi connectivity index (χ0) is 20.9. The fraction of sp³-hybridized carbons (Fsp3) is 0.0833. The molecule has 0 aliphatic heterocycles. The van der Waals surface area contributed by atoms with Crippen molar-refractivity contribution in [2.24, 2.45) is 0 Å². The number of nitrogens with zero attached hydrogens (tertiary/aromatic N) is 3. The molecule has 0 fully saturated rings. The zero-order valence-corrected chi connectivity index (χ0v) is 16.0. The first-order valence-electron chi connectivity index (χ1n) is 9.44. The molecule has 0 atom stereocenters. The Morgan fingerprint density at radius 1 is 0.800 bits per heavy atom. The monoisotopic (exact) mass is 403 g/mol. The molecule has 2 heterocycles. The van der Waals surface area contributed by atoms with E-state index in [-0.39, 0.29) is 16.7 Å². The summed E-state index contributed by atoms with van der Waals surface area (Å²) in [5.74, 6) is 0. The van der Waals surface area contributed by atoms with Gasteiger partial charge in [-0.25, -0.2) is 9.67 Å². The molecule has 0 radical (unpaired) electrons. The zero-order valence-electron chi connectivity index (χ0n) is 16.0. The van der Waals surface area contributed by atoms with Crippen LogP contribution in [-0.2, 0) is 6.18 Å². The Morgan fingerprint density at radius 2 is 1.50 bits per heavy atom. The van der Waals surface area contributed by atoms with Crippen molar-refractivity contribution >= 4 is 21.8 Å².